The molecule has 0 radical (unpaired) electrons. The van der Waals surface area contributed by atoms with E-state index in [4.69, 9.17) is 5.73 Å². The van der Waals surface area contributed by atoms with Gasteiger partial charge in [0, 0.05) is 12.1 Å². The molecule has 0 bridgehead atoms. The molecule has 1 aromatic heterocycles. The smallest absolute Gasteiger partial charge is 0.256 e. The van der Waals surface area contributed by atoms with E-state index < -0.39 is 0 Å². The Kier molecular flexibility index (Phi) is 3.36. The second-order valence-electron chi connectivity index (χ2n) is 4.94. The van der Waals surface area contributed by atoms with Crippen molar-refractivity contribution in [1.29, 1.82) is 0 Å². The third kappa shape index (κ3) is 2.43. The molecule has 94 valence electrons. The predicted molar refractivity (Wildman–Crippen MR) is 66.7 cm³/mol. The Labute approximate surface area is 101 Å². The van der Waals surface area contributed by atoms with Crippen molar-refractivity contribution in [1.82, 2.24) is 15.1 Å². The summed E-state index contributed by atoms with van der Waals surface area (Å²) < 4.78 is 1.67. The molecule has 0 aliphatic heterocycles. The van der Waals surface area contributed by atoms with Crippen LogP contribution in [0.25, 0.3) is 0 Å². The van der Waals surface area contributed by atoms with E-state index in [1.54, 1.807) is 10.9 Å². The Hall–Kier alpha value is -1.52. The summed E-state index contributed by atoms with van der Waals surface area (Å²) in [5, 5.41) is 7.16. The molecule has 5 heteroatoms. The van der Waals surface area contributed by atoms with Gasteiger partial charge in [0.15, 0.2) is 0 Å². The molecule has 17 heavy (non-hydrogen) atoms. The van der Waals surface area contributed by atoms with E-state index in [1.807, 2.05) is 13.8 Å². The molecule has 2 rings (SSSR count). The van der Waals surface area contributed by atoms with Crippen LogP contribution in [-0.2, 0) is 0 Å². The van der Waals surface area contributed by atoms with Crippen molar-refractivity contribution in [2.45, 2.75) is 51.6 Å². The first-order valence-corrected chi connectivity index (χ1v) is 6.23. The molecule has 1 saturated carbocycles. The standard InChI is InChI=1S/C12H20N4O/c1-8(2)16-11(13)10(7-14-16)12(17)15-9-5-3-4-6-9/h7-9H,3-6,13H2,1-2H3,(H,15,17). The molecule has 0 unspecified atom stereocenters. The number of hydrogen-bond donors (Lipinski definition) is 2. The van der Waals surface area contributed by atoms with Gasteiger partial charge in [-0.1, -0.05) is 12.8 Å². The van der Waals surface area contributed by atoms with Crippen LogP contribution in [0.5, 0.6) is 0 Å². The van der Waals surface area contributed by atoms with Crippen LogP contribution in [0.2, 0.25) is 0 Å². The van der Waals surface area contributed by atoms with Crippen molar-refractivity contribution in [3.05, 3.63) is 11.8 Å². The van der Waals surface area contributed by atoms with Crippen LogP contribution in [0.3, 0.4) is 0 Å². The zero-order chi connectivity index (χ0) is 12.4. The van der Waals surface area contributed by atoms with Gasteiger partial charge in [-0.15, -0.1) is 0 Å². The van der Waals surface area contributed by atoms with Crippen molar-refractivity contribution in [2.24, 2.45) is 0 Å². The lowest BCUT2D eigenvalue weighted by Crippen LogP contribution is -2.32. The fraction of sp³-hybridized carbons (Fsp3) is 0.667. The maximum atomic E-state index is 12.0. The molecule has 1 aliphatic carbocycles. The van der Waals surface area contributed by atoms with Gasteiger partial charge in [-0.2, -0.15) is 5.10 Å². The normalized spacial score (nSPS) is 16.6. The quantitative estimate of drug-likeness (QED) is 0.839. The number of aromatic nitrogens is 2. The second-order valence-corrected chi connectivity index (χ2v) is 4.94. The highest BCUT2D eigenvalue weighted by molar-refractivity contribution is 5.98. The number of nitrogen functional groups attached to an aromatic ring is 1. The number of nitrogens with one attached hydrogen (secondary N) is 1. The lowest BCUT2D eigenvalue weighted by atomic mass is 10.2. The first-order valence-electron chi connectivity index (χ1n) is 6.23. The molecular formula is C12H20N4O. The highest BCUT2D eigenvalue weighted by Gasteiger charge is 2.21. The predicted octanol–water partition coefficient (Wildman–Crippen LogP) is 1.72. The molecule has 1 fully saturated rings. The average Bonchev–Trinajstić information content (AvgIpc) is 2.86. The number of hydrogen-bond acceptors (Lipinski definition) is 3. The van der Waals surface area contributed by atoms with Gasteiger partial charge in [0.05, 0.1) is 6.20 Å². The third-order valence-electron chi connectivity index (χ3n) is 3.26. The summed E-state index contributed by atoms with van der Waals surface area (Å²) in [6, 6.07) is 0.479. The molecule has 3 N–H and O–H groups in total. The van der Waals surface area contributed by atoms with Crippen molar-refractivity contribution in [2.75, 3.05) is 5.73 Å². The molecule has 1 aliphatic rings. The molecule has 0 atom stereocenters. The van der Waals surface area contributed by atoms with Crippen molar-refractivity contribution < 1.29 is 4.79 Å². The Morgan fingerprint density at radius 1 is 1.53 bits per heavy atom. The van der Waals surface area contributed by atoms with Gasteiger partial charge in [0.1, 0.15) is 11.4 Å². The summed E-state index contributed by atoms with van der Waals surface area (Å²) in [5.41, 5.74) is 6.41. The van der Waals surface area contributed by atoms with Crippen LogP contribution in [0.15, 0.2) is 6.20 Å². The summed E-state index contributed by atoms with van der Waals surface area (Å²) >= 11 is 0. The summed E-state index contributed by atoms with van der Waals surface area (Å²) in [5.74, 6) is 0.358. The number of amides is 1. The highest BCUT2D eigenvalue weighted by atomic mass is 16.1. The molecule has 0 aromatic carbocycles. The van der Waals surface area contributed by atoms with E-state index in [0.29, 0.717) is 17.4 Å². The number of carbonyl (C=O) groups excluding carboxylic acids is 1. The molecule has 1 heterocycles. The lowest BCUT2D eigenvalue weighted by molar-refractivity contribution is 0.0938. The number of nitrogens with two attached hydrogens (primary N) is 1. The van der Waals surface area contributed by atoms with Gasteiger partial charge in [0.25, 0.3) is 5.91 Å². The zero-order valence-electron chi connectivity index (χ0n) is 10.4. The topological polar surface area (TPSA) is 72.9 Å². The first kappa shape index (κ1) is 12.0. The van der Waals surface area contributed by atoms with Gasteiger partial charge < -0.3 is 11.1 Å². The van der Waals surface area contributed by atoms with Crippen molar-refractivity contribution in [3.8, 4) is 0 Å². The van der Waals surface area contributed by atoms with E-state index in [2.05, 4.69) is 10.4 Å². The third-order valence-corrected chi connectivity index (χ3v) is 3.26. The van der Waals surface area contributed by atoms with Gasteiger partial charge >= 0.3 is 0 Å². The SMILES string of the molecule is CC(C)n1ncc(C(=O)NC2CCCC2)c1N. The van der Waals surface area contributed by atoms with Crippen LogP contribution in [-0.4, -0.2) is 21.7 Å². The van der Waals surface area contributed by atoms with Crippen LogP contribution in [0.4, 0.5) is 5.82 Å². The van der Waals surface area contributed by atoms with Crippen LogP contribution in [0, 0.1) is 0 Å². The maximum absolute atomic E-state index is 12.0. The van der Waals surface area contributed by atoms with E-state index in [-0.39, 0.29) is 11.9 Å². The van der Waals surface area contributed by atoms with Gasteiger partial charge in [0.2, 0.25) is 0 Å². The molecule has 0 spiro atoms. The average molecular weight is 236 g/mol. The molecular weight excluding hydrogens is 216 g/mol. The van der Waals surface area contributed by atoms with E-state index >= 15 is 0 Å². The largest absolute Gasteiger partial charge is 0.383 e. The first-order chi connectivity index (χ1) is 8.09. The lowest BCUT2D eigenvalue weighted by Gasteiger charge is -2.12. The zero-order valence-corrected chi connectivity index (χ0v) is 10.4. The van der Waals surface area contributed by atoms with E-state index in [9.17, 15) is 4.79 Å². The fourth-order valence-electron chi connectivity index (χ4n) is 2.29. The van der Waals surface area contributed by atoms with Gasteiger partial charge in [-0.05, 0) is 26.7 Å². The number of rotatable bonds is 3. The molecule has 0 saturated heterocycles. The van der Waals surface area contributed by atoms with Crippen LogP contribution >= 0.6 is 0 Å². The van der Waals surface area contributed by atoms with Crippen LogP contribution in [0.1, 0.15) is 55.9 Å². The van der Waals surface area contributed by atoms with E-state index in [1.165, 1.54) is 12.8 Å². The fourth-order valence-corrected chi connectivity index (χ4v) is 2.29. The maximum Gasteiger partial charge on any atom is 0.256 e. The second kappa shape index (κ2) is 4.77. The minimum atomic E-state index is -0.0960. The van der Waals surface area contributed by atoms with E-state index in [0.717, 1.165) is 12.8 Å². The number of anilines is 1. The number of carbonyl (C=O) groups is 1. The minimum absolute atomic E-state index is 0.0960. The Morgan fingerprint density at radius 3 is 2.71 bits per heavy atom. The Bertz CT molecular complexity index is 405. The summed E-state index contributed by atoms with van der Waals surface area (Å²) in [6.45, 7) is 3.98. The number of nitrogens with zero attached hydrogens (tertiary/aromatic N) is 2. The van der Waals surface area contributed by atoms with Crippen LogP contribution < -0.4 is 11.1 Å². The summed E-state index contributed by atoms with van der Waals surface area (Å²) in [7, 11) is 0. The Morgan fingerprint density at radius 2 is 2.18 bits per heavy atom. The summed E-state index contributed by atoms with van der Waals surface area (Å²) in [4.78, 5) is 12.0. The Balaban J connectivity index is 2.08. The molecule has 5 nitrogen and oxygen atoms in total. The molecule has 1 amide bonds. The minimum Gasteiger partial charge on any atom is -0.383 e. The molecule has 1 aromatic rings. The summed E-state index contributed by atoms with van der Waals surface area (Å²) in [6.07, 6.45) is 6.10. The van der Waals surface area contributed by atoms with Crippen molar-refractivity contribution >= 4 is 11.7 Å². The van der Waals surface area contributed by atoms with Gasteiger partial charge in [-0.3, -0.25) is 4.79 Å². The monoisotopic (exact) mass is 236 g/mol. The van der Waals surface area contributed by atoms with Crippen molar-refractivity contribution in [3.63, 3.8) is 0 Å². The highest BCUT2D eigenvalue weighted by Crippen LogP contribution is 2.20. The van der Waals surface area contributed by atoms with Gasteiger partial charge in [-0.25, -0.2) is 4.68 Å².